The van der Waals surface area contributed by atoms with Crippen molar-refractivity contribution in [3.63, 3.8) is 0 Å². The van der Waals surface area contributed by atoms with Crippen molar-refractivity contribution < 1.29 is 4.79 Å². The highest BCUT2D eigenvalue weighted by Gasteiger charge is 1.99. The van der Waals surface area contributed by atoms with Crippen molar-refractivity contribution in [2.24, 2.45) is 10.2 Å². The summed E-state index contributed by atoms with van der Waals surface area (Å²) in [5.74, 6) is 0.0126. The lowest BCUT2D eigenvalue weighted by Gasteiger charge is -1.98. The summed E-state index contributed by atoms with van der Waals surface area (Å²) in [4.78, 5) is 11.2. The van der Waals surface area contributed by atoms with Gasteiger partial charge in [0.15, 0.2) is 5.78 Å². The van der Waals surface area contributed by atoms with Gasteiger partial charge in [-0.3, -0.25) is 4.79 Å². The van der Waals surface area contributed by atoms with Gasteiger partial charge in [-0.05, 0) is 35.9 Å². The van der Waals surface area contributed by atoms with Crippen LogP contribution in [0.1, 0.15) is 5.56 Å². The molecule has 0 aromatic heterocycles. The number of carbonyl (C=O) groups is 1. The van der Waals surface area contributed by atoms with Gasteiger partial charge < -0.3 is 0 Å². The molecular formula is C16H14N2O. The van der Waals surface area contributed by atoms with Crippen LogP contribution >= 0.6 is 0 Å². The van der Waals surface area contributed by atoms with E-state index < -0.39 is 0 Å². The Kier molecular flexibility index (Phi) is 4.34. The first kappa shape index (κ1) is 12.9. The summed E-state index contributed by atoms with van der Waals surface area (Å²) in [6, 6.07) is 17.0. The fourth-order valence-electron chi connectivity index (χ4n) is 1.56. The molecule has 3 nitrogen and oxygen atoms in total. The molecule has 0 aliphatic carbocycles. The van der Waals surface area contributed by atoms with Gasteiger partial charge in [0.1, 0.15) is 0 Å². The molecule has 19 heavy (non-hydrogen) atoms. The van der Waals surface area contributed by atoms with Crippen LogP contribution in [0.25, 0.3) is 0 Å². The summed E-state index contributed by atoms with van der Waals surface area (Å²) in [6.07, 6.45) is 1.71. The maximum atomic E-state index is 11.2. The normalized spacial score (nSPS) is 10.5. The Bertz CT molecular complexity index is 586. The van der Waals surface area contributed by atoms with Gasteiger partial charge in [-0.2, -0.15) is 10.2 Å². The number of nitrogens with zero attached hydrogens (tertiary/aromatic N) is 2. The van der Waals surface area contributed by atoms with Crippen LogP contribution in [0.2, 0.25) is 0 Å². The molecule has 0 amide bonds. The van der Waals surface area contributed by atoms with Crippen molar-refractivity contribution in [2.75, 3.05) is 0 Å². The van der Waals surface area contributed by atoms with Crippen LogP contribution in [-0.2, 0) is 11.2 Å². The molecule has 3 heteroatoms. The van der Waals surface area contributed by atoms with Crippen LogP contribution in [0.15, 0.2) is 77.5 Å². The molecule has 0 saturated heterocycles. The molecular weight excluding hydrogens is 236 g/mol. The second-order valence-electron chi connectivity index (χ2n) is 4.05. The Morgan fingerprint density at radius 2 is 1.53 bits per heavy atom. The second kappa shape index (κ2) is 6.40. The van der Waals surface area contributed by atoms with E-state index >= 15 is 0 Å². The molecule has 2 rings (SSSR count). The Balaban J connectivity index is 2.05. The Labute approximate surface area is 112 Å². The first-order valence-corrected chi connectivity index (χ1v) is 5.99. The number of hydrogen-bond acceptors (Lipinski definition) is 3. The van der Waals surface area contributed by atoms with Gasteiger partial charge in [0.05, 0.1) is 11.4 Å². The summed E-state index contributed by atoms with van der Waals surface area (Å²) in [6.45, 7) is 3.45. The second-order valence-corrected chi connectivity index (χ2v) is 4.05. The number of rotatable bonds is 5. The molecule has 0 aliphatic heterocycles. The molecule has 0 bridgehead atoms. The average Bonchev–Trinajstić information content (AvgIpc) is 2.47. The lowest BCUT2D eigenvalue weighted by Crippen LogP contribution is -1.96. The van der Waals surface area contributed by atoms with E-state index in [-0.39, 0.29) is 5.78 Å². The minimum Gasteiger partial charge on any atom is -0.295 e. The summed E-state index contributed by atoms with van der Waals surface area (Å²) < 4.78 is 0. The minimum atomic E-state index is 0.0126. The van der Waals surface area contributed by atoms with Crippen LogP contribution in [0.4, 0.5) is 11.4 Å². The van der Waals surface area contributed by atoms with Gasteiger partial charge in [-0.15, -0.1) is 0 Å². The lowest BCUT2D eigenvalue weighted by atomic mass is 10.1. The van der Waals surface area contributed by atoms with Crippen molar-refractivity contribution in [1.82, 2.24) is 0 Å². The lowest BCUT2D eigenvalue weighted by molar-refractivity contribution is -0.114. The maximum Gasteiger partial charge on any atom is 0.159 e. The van der Waals surface area contributed by atoms with Crippen LogP contribution in [0.3, 0.4) is 0 Å². The number of hydrogen-bond donors (Lipinski definition) is 0. The predicted octanol–water partition coefficient (Wildman–Crippen LogP) is 4.40. The molecule has 2 aromatic rings. The Morgan fingerprint density at radius 1 is 0.947 bits per heavy atom. The number of benzene rings is 2. The predicted molar refractivity (Wildman–Crippen MR) is 76.0 cm³/mol. The zero-order valence-electron chi connectivity index (χ0n) is 10.5. The van der Waals surface area contributed by atoms with E-state index in [2.05, 4.69) is 16.8 Å². The van der Waals surface area contributed by atoms with E-state index in [1.54, 1.807) is 0 Å². The first-order chi connectivity index (χ1) is 9.28. The van der Waals surface area contributed by atoms with Gasteiger partial charge >= 0.3 is 0 Å². The zero-order valence-corrected chi connectivity index (χ0v) is 10.5. The standard InChI is InChI=1S/C16H14N2O/c1-2-16(19)12-13-8-10-15(11-9-13)18-17-14-6-4-3-5-7-14/h2-11H,1,12H2. The number of azo groups is 1. The number of allylic oxidation sites excluding steroid dienone is 1. The minimum absolute atomic E-state index is 0.0126. The van der Waals surface area contributed by atoms with Gasteiger partial charge in [0, 0.05) is 6.42 Å². The molecule has 0 spiro atoms. The monoisotopic (exact) mass is 250 g/mol. The SMILES string of the molecule is C=CC(=O)Cc1ccc(N=Nc2ccccc2)cc1. The summed E-state index contributed by atoms with van der Waals surface area (Å²) >= 11 is 0. The van der Waals surface area contributed by atoms with Crippen LogP contribution in [0.5, 0.6) is 0 Å². The molecule has 94 valence electrons. The molecule has 0 N–H and O–H groups in total. The number of ketones is 1. The van der Waals surface area contributed by atoms with Gasteiger partial charge in [0.25, 0.3) is 0 Å². The van der Waals surface area contributed by atoms with Crippen molar-refractivity contribution in [3.05, 3.63) is 72.8 Å². The summed E-state index contributed by atoms with van der Waals surface area (Å²) in [7, 11) is 0. The van der Waals surface area contributed by atoms with Crippen LogP contribution < -0.4 is 0 Å². The molecule has 0 radical (unpaired) electrons. The third-order valence-corrected chi connectivity index (χ3v) is 2.58. The first-order valence-electron chi connectivity index (χ1n) is 5.99. The van der Waals surface area contributed by atoms with Crippen molar-refractivity contribution in [3.8, 4) is 0 Å². The van der Waals surface area contributed by atoms with Crippen molar-refractivity contribution >= 4 is 17.2 Å². The van der Waals surface area contributed by atoms with E-state index in [0.29, 0.717) is 6.42 Å². The topological polar surface area (TPSA) is 41.8 Å². The summed E-state index contributed by atoms with van der Waals surface area (Å²) in [5.41, 5.74) is 2.52. The van der Waals surface area contributed by atoms with Crippen molar-refractivity contribution in [1.29, 1.82) is 0 Å². The van der Waals surface area contributed by atoms with E-state index in [1.807, 2.05) is 54.6 Å². The molecule has 0 unspecified atom stereocenters. The van der Waals surface area contributed by atoms with E-state index in [4.69, 9.17) is 0 Å². The van der Waals surface area contributed by atoms with Crippen molar-refractivity contribution in [2.45, 2.75) is 6.42 Å². The summed E-state index contributed by atoms with van der Waals surface area (Å²) in [5, 5.41) is 8.26. The molecule has 2 aromatic carbocycles. The Hall–Kier alpha value is -2.55. The maximum absolute atomic E-state index is 11.2. The van der Waals surface area contributed by atoms with Gasteiger partial charge in [-0.1, -0.05) is 36.9 Å². The molecule has 0 heterocycles. The fraction of sp³-hybridized carbons (Fsp3) is 0.0625. The molecule has 0 fully saturated rings. The quantitative estimate of drug-likeness (QED) is 0.572. The number of carbonyl (C=O) groups excluding carboxylic acids is 1. The van der Waals surface area contributed by atoms with E-state index in [9.17, 15) is 4.79 Å². The fourth-order valence-corrected chi connectivity index (χ4v) is 1.56. The molecule has 0 atom stereocenters. The van der Waals surface area contributed by atoms with Crippen LogP contribution in [0, 0.1) is 0 Å². The van der Waals surface area contributed by atoms with Crippen LogP contribution in [-0.4, -0.2) is 5.78 Å². The molecule has 0 aliphatic rings. The average molecular weight is 250 g/mol. The third-order valence-electron chi connectivity index (χ3n) is 2.58. The third kappa shape index (κ3) is 4.00. The smallest absolute Gasteiger partial charge is 0.159 e. The largest absolute Gasteiger partial charge is 0.295 e. The zero-order chi connectivity index (χ0) is 13.5. The van der Waals surface area contributed by atoms with E-state index in [1.165, 1.54) is 6.08 Å². The van der Waals surface area contributed by atoms with Gasteiger partial charge in [0.2, 0.25) is 0 Å². The highest BCUT2D eigenvalue weighted by molar-refractivity contribution is 5.90. The molecule has 0 saturated carbocycles. The van der Waals surface area contributed by atoms with E-state index in [0.717, 1.165) is 16.9 Å². The highest BCUT2D eigenvalue weighted by atomic mass is 16.1. The highest BCUT2D eigenvalue weighted by Crippen LogP contribution is 2.18. The van der Waals surface area contributed by atoms with Gasteiger partial charge in [-0.25, -0.2) is 0 Å². The Morgan fingerprint density at radius 3 is 2.11 bits per heavy atom.